The van der Waals surface area contributed by atoms with E-state index in [0.717, 1.165) is 6.04 Å². The zero-order chi connectivity index (χ0) is 14.1. The highest BCUT2D eigenvalue weighted by molar-refractivity contribution is 9.10. The summed E-state index contributed by atoms with van der Waals surface area (Å²) in [6, 6.07) is 5.46. The summed E-state index contributed by atoms with van der Waals surface area (Å²) in [5.74, 6) is 0. The number of fused-ring (bicyclic) bond motifs is 1. The van der Waals surface area contributed by atoms with Gasteiger partial charge in [0.15, 0.2) is 0 Å². The Labute approximate surface area is 131 Å². The van der Waals surface area contributed by atoms with Crippen molar-refractivity contribution in [3.63, 3.8) is 0 Å². The topological polar surface area (TPSA) is 6.48 Å². The first-order valence-electron chi connectivity index (χ1n) is 7.91. The van der Waals surface area contributed by atoms with Crippen LogP contribution in [0.5, 0.6) is 0 Å². The van der Waals surface area contributed by atoms with Crippen LogP contribution >= 0.6 is 15.9 Å². The Morgan fingerprint density at radius 2 is 1.70 bits per heavy atom. The SMILES string of the molecule is Cc1cc(N2CCCN3CCCCC3C2)cc(C)c1Br. The van der Waals surface area contributed by atoms with E-state index in [4.69, 9.17) is 0 Å². The van der Waals surface area contributed by atoms with Crippen molar-refractivity contribution in [2.75, 3.05) is 31.1 Å². The normalized spacial score (nSPS) is 24.4. The lowest BCUT2D eigenvalue weighted by Gasteiger charge is -2.36. The molecule has 0 radical (unpaired) electrons. The molecule has 110 valence electrons. The molecule has 2 heterocycles. The Bertz CT molecular complexity index is 463. The number of aryl methyl sites for hydroxylation is 2. The fraction of sp³-hybridized carbons (Fsp3) is 0.647. The largest absolute Gasteiger partial charge is 0.370 e. The second-order valence-electron chi connectivity index (χ2n) is 6.38. The van der Waals surface area contributed by atoms with E-state index < -0.39 is 0 Å². The molecule has 3 rings (SSSR count). The smallest absolute Gasteiger partial charge is 0.0372 e. The number of rotatable bonds is 1. The fourth-order valence-electron chi connectivity index (χ4n) is 3.71. The molecule has 2 saturated heterocycles. The molecule has 2 aliphatic heterocycles. The molecular weight excluding hydrogens is 312 g/mol. The molecule has 1 aromatic rings. The summed E-state index contributed by atoms with van der Waals surface area (Å²) in [6.07, 6.45) is 5.48. The highest BCUT2D eigenvalue weighted by atomic mass is 79.9. The second-order valence-corrected chi connectivity index (χ2v) is 7.17. The van der Waals surface area contributed by atoms with E-state index in [1.165, 1.54) is 73.1 Å². The van der Waals surface area contributed by atoms with Crippen molar-refractivity contribution in [2.24, 2.45) is 0 Å². The predicted molar refractivity (Wildman–Crippen MR) is 89.7 cm³/mol. The zero-order valence-electron chi connectivity index (χ0n) is 12.7. The van der Waals surface area contributed by atoms with E-state index in [1.54, 1.807) is 0 Å². The molecule has 1 unspecified atom stereocenters. The van der Waals surface area contributed by atoms with Gasteiger partial charge in [-0.1, -0.05) is 22.4 Å². The standard InChI is InChI=1S/C17H25BrN2/c1-13-10-16(11-14(2)17(13)18)20-9-5-8-19-7-4-3-6-15(19)12-20/h10-11,15H,3-9,12H2,1-2H3. The molecular formula is C17H25BrN2. The molecule has 0 amide bonds. The van der Waals surface area contributed by atoms with Gasteiger partial charge in [-0.3, -0.25) is 4.90 Å². The number of anilines is 1. The van der Waals surface area contributed by atoms with Gasteiger partial charge in [-0.25, -0.2) is 0 Å². The summed E-state index contributed by atoms with van der Waals surface area (Å²) >= 11 is 3.68. The molecule has 1 atom stereocenters. The number of halogens is 1. The third-order valence-corrected chi connectivity index (χ3v) is 6.09. The molecule has 0 N–H and O–H groups in total. The molecule has 2 nitrogen and oxygen atoms in total. The molecule has 1 aromatic carbocycles. The van der Waals surface area contributed by atoms with Gasteiger partial charge in [0, 0.05) is 35.8 Å². The summed E-state index contributed by atoms with van der Waals surface area (Å²) in [5, 5.41) is 0. The molecule has 20 heavy (non-hydrogen) atoms. The van der Waals surface area contributed by atoms with Crippen LogP contribution in [0.3, 0.4) is 0 Å². The highest BCUT2D eigenvalue weighted by Crippen LogP contribution is 2.29. The number of piperidine rings is 1. The molecule has 0 aromatic heterocycles. The number of benzene rings is 1. The Kier molecular flexibility index (Phi) is 4.37. The minimum Gasteiger partial charge on any atom is -0.370 e. The van der Waals surface area contributed by atoms with E-state index >= 15 is 0 Å². The first-order chi connectivity index (χ1) is 9.65. The third-order valence-electron chi connectivity index (χ3n) is 4.84. The second kappa shape index (κ2) is 6.07. The Balaban J connectivity index is 1.82. The molecule has 3 heteroatoms. The minimum absolute atomic E-state index is 0.774. The first kappa shape index (κ1) is 14.4. The zero-order valence-corrected chi connectivity index (χ0v) is 14.2. The van der Waals surface area contributed by atoms with Crippen LogP contribution in [0.15, 0.2) is 16.6 Å². The van der Waals surface area contributed by atoms with Gasteiger partial charge in [0.25, 0.3) is 0 Å². The summed E-state index contributed by atoms with van der Waals surface area (Å²) in [6.45, 7) is 9.41. The minimum atomic E-state index is 0.774. The number of hydrogen-bond donors (Lipinski definition) is 0. The summed E-state index contributed by atoms with van der Waals surface area (Å²) in [7, 11) is 0. The average Bonchev–Trinajstić information content (AvgIpc) is 2.66. The third kappa shape index (κ3) is 2.89. The van der Waals surface area contributed by atoms with Crippen molar-refractivity contribution in [2.45, 2.75) is 45.6 Å². The molecule has 0 bridgehead atoms. The van der Waals surface area contributed by atoms with Crippen LogP contribution in [0.4, 0.5) is 5.69 Å². The van der Waals surface area contributed by atoms with Gasteiger partial charge in [-0.2, -0.15) is 0 Å². The van der Waals surface area contributed by atoms with Gasteiger partial charge >= 0.3 is 0 Å². The van der Waals surface area contributed by atoms with Gasteiger partial charge in [-0.15, -0.1) is 0 Å². The predicted octanol–water partition coefficient (Wildman–Crippen LogP) is 4.13. The summed E-state index contributed by atoms with van der Waals surface area (Å²) in [5.41, 5.74) is 4.12. The Hall–Kier alpha value is -0.540. The van der Waals surface area contributed by atoms with Crippen LogP contribution in [-0.4, -0.2) is 37.1 Å². The summed E-state index contributed by atoms with van der Waals surface area (Å²) in [4.78, 5) is 5.34. The van der Waals surface area contributed by atoms with Crippen molar-refractivity contribution in [3.8, 4) is 0 Å². The average molecular weight is 337 g/mol. The Morgan fingerprint density at radius 3 is 2.45 bits per heavy atom. The molecule has 0 saturated carbocycles. The molecule has 0 aliphatic carbocycles. The molecule has 0 spiro atoms. The fourth-order valence-corrected chi connectivity index (χ4v) is 3.94. The highest BCUT2D eigenvalue weighted by Gasteiger charge is 2.27. The van der Waals surface area contributed by atoms with E-state index in [-0.39, 0.29) is 0 Å². The maximum Gasteiger partial charge on any atom is 0.0372 e. The van der Waals surface area contributed by atoms with Crippen molar-refractivity contribution < 1.29 is 0 Å². The van der Waals surface area contributed by atoms with Gasteiger partial charge in [0.2, 0.25) is 0 Å². The molecule has 2 aliphatic rings. The first-order valence-corrected chi connectivity index (χ1v) is 8.70. The lowest BCUT2D eigenvalue weighted by molar-refractivity contribution is 0.162. The lowest BCUT2D eigenvalue weighted by Crippen LogP contribution is -2.44. The van der Waals surface area contributed by atoms with Crippen LogP contribution in [0, 0.1) is 13.8 Å². The number of nitrogens with zero attached hydrogens (tertiary/aromatic N) is 2. The van der Waals surface area contributed by atoms with Crippen LogP contribution in [-0.2, 0) is 0 Å². The van der Waals surface area contributed by atoms with Crippen molar-refractivity contribution in [1.29, 1.82) is 0 Å². The van der Waals surface area contributed by atoms with Gasteiger partial charge in [-0.05, 0) is 62.9 Å². The van der Waals surface area contributed by atoms with E-state index in [0.29, 0.717) is 0 Å². The summed E-state index contributed by atoms with van der Waals surface area (Å²) < 4.78 is 1.26. The quantitative estimate of drug-likeness (QED) is 0.760. The number of hydrogen-bond acceptors (Lipinski definition) is 2. The Morgan fingerprint density at radius 1 is 1.00 bits per heavy atom. The maximum absolute atomic E-state index is 3.68. The molecule has 2 fully saturated rings. The van der Waals surface area contributed by atoms with Crippen LogP contribution in [0.25, 0.3) is 0 Å². The van der Waals surface area contributed by atoms with E-state index in [9.17, 15) is 0 Å². The van der Waals surface area contributed by atoms with Crippen molar-refractivity contribution >= 4 is 21.6 Å². The van der Waals surface area contributed by atoms with Crippen LogP contribution < -0.4 is 4.90 Å². The maximum atomic E-state index is 3.68. The monoisotopic (exact) mass is 336 g/mol. The van der Waals surface area contributed by atoms with Crippen LogP contribution in [0.1, 0.15) is 36.8 Å². The van der Waals surface area contributed by atoms with Crippen molar-refractivity contribution in [3.05, 3.63) is 27.7 Å². The van der Waals surface area contributed by atoms with E-state index in [1.807, 2.05) is 0 Å². The van der Waals surface area contributed by atoms with E-state index in [2.05, 4.69) is 51.7 Å². The lowest BCUT2D eigenvalue weighted by atomic mass is 10.0. The van der Waals surface area contributed by atoms with Crippen molar-refractivity contribution in [1.82, 2.24) is 4.90 Å². The van der Waals surface area contributed by atoms with Crippen LogP contribution in [0.2, 0.25) is 0 Å². The van der Waals surface area contributed by atoms with Gasteiger partial charge < -0.3 is 4.90 Å². The van der Waals surface area contributed by atoms with Gasteiger partial charge in [0.1, 0.15) is 0 Å². The van der Waals surface area contributed by atoms with Gasteiger partial charge in [0.05, 0.1) is 0 Å².